The summed E-state index contributed by atoms with van der Waals surface area (Å²) in [7, 11) is 1.53. The normalized spacial score (nSPS) is 18.8. The Morgan fingerprint density at radius 1 is 1.29 bits per heavy atom. The number of benzene rings is 1. The van der Waals surface area contributed by atoms with E-state index in [1.807, 2.05) is 4.90 Å². The molecule has 0 radical (unpaired) electrons. The quantitative estimate of drug-likeness (QED) is 0.685. The lowest BCUT2D eigenvalue weighted by molar-refractivity contribution is -0.138. The van der Waals surface area contributed by atoms with Crippen LogP contribution in [0.1, 0.15) is 23.2 Å². The van der Waals surface area contributed by atoms with Crippen LogP contribution in [-0.2, 0) is 4.79 Å². The van der Waals surface area contributed by atoms with Gasteiger partial charge in [-0.3, -0.25) is 9.59 Å². The molecule has 0 spiro atoms. The number of nitrogens with two attached hydrogens (primary N) is 1. The summed E-state index contributed by atoms with van der Waals surface area (Å²) in [6.45, 7) is 2.97. The average molecular weight is 332 g/mol. The zero-order valence-electron chi connectivity index (χ0n) is 13.9. The van der Waals surface area contributed by atoms with E-state index in [-0.39, 0.29) is 23.8 Å². The van der Waals surface area contributed by atoms with Gasteiger partial charge in [-0.15, -0.1) is 0 Å². The van der Waals surface area contributed by atoms with E-state index in [0.717, 1.165) is 25.9 Å². The topological polar surface area (TPSA) is 96.7 Å². The first-order valence-corrected chi connectivity index (χ1v) is 8.32. The zero-order chi connectivity index (χ0) is 17.1. The molecule has 24 heavy (non-hydrogen) atoms. The van der Waals surface area contributed by atoms with Crippen LogP contribution in [0.2, 0.25) is 0 Å². The summed E-state index contributed by atoms with van der Waals surface area (Å²) in [4.78, 5) is 26.5. The Kier molecular flexibility index (Phi) is 4.89. The van der Waals surface area contributed by atoms with Crippen LogP contribution >= 0.6 is 0 Å². The molecule has 130 valence electrons. The number of ether oxygens (including phenoxy) is 1. The second kappa shape index (κ2) is 7.09. The number of piperidine rings is 1. The number of nitrogens with zero attached hydrogens (tertiary/aromatic N) is 1. The Hall–Kier alpha value is -2.28. The van der Waals surface area contributed by atoms with E-state index in [1.165, 1.54) is 7.11 Å². The average Bonchev–Trinajstić information content (AvgIpc) is 2.54. The second-order valence-corrected chi connectivity index (χ2v) is 6.38. The molecule has 0 aliphatic carbocycles. The van der Waals surface area contributed by atoms with Gasteiger partial charge >= 0.3 is 0 Å². The first-order chi connectivity index (χ1) is 11.6. The van der Waals surface area contributed by atoms with E-state index in [2.05, 4.69) is 10.6 Å². The van der Waals surface area contributed by atoms with Gasteiger partial charge in [-0.25, -0.2) is 0 Å². The Balaban J connectivity index is 1.52. The van der Waals surface area contributed by atoms with Crippen molar-refractivity contribution in [3.63, 3.8) is 0 Å². The molecule has 3 rings (SSSR count). The van der Waals surface area contributed by atoms with Crippen LogP contribution in [0.25, 0.3) is 0 Å². The number of rotatable bonds is 4. The van der Waals surface area contributed by atoms with Crippen molar-refractivity contribution in [2.75, 3.05) is 39.0 Å². The summed E-state index contributed by atoms with van der Waals surface area (Å²) < 4.78 is 5.15. The van der Waals surface area contributed by atoms with Gasteiger partial charge in [-0.1, -0.05) is 0 Å². The molecule has 2 fully saturated rings. The first kappa shape index (κ1) is 16.6. The molecule has 7 nitrogen and oxygen atoms in total. The van der Waals surface area contributed by atoms with Gasteiger partial charge in [0.1, 0.15) is 5.75 Å². The van der Waals surface area contributed by atoms with Crippen LogP contribution in [0.4, 0.5) is 5.69 Å². The highest BCUT2D eigenvalue weighted by atomic mass is 16.5. The van der Waals surface area contributed by atoms with Crippen molar-refractivity contribution in [1.82, 2.24) is 15.5 Å². The van der Waals surface area contributed by atoms with Crippen LogP contribution in [0.5, 0.6) is 5.75 Å². The molecule has 0 saturated carbocycles. The lowest BCUT2D eigenvalue weighted by Gasteiger charge is -2.37. The van der Waals surface area contributed by atoms with Crippen molar-refractivity contribution >= 4 is 17.5 Å². The fourth-order valence-electron chi connectivity index (χ4n) is 3.09. The summed E-state index contributed by atoms with van der Waals surface area (Å²) in [6.07, 6.45) is 1.56. The monoisotopic (exact) mass is 332 g/mol. The fraction of sp³-hybridized carbons (Fsp3) is 0.529. The number of nitrogens with one attached hydrogen (secondary N) is 2. The SMILES string of the molecule is COc1cc(C(=O)NC2CCN(C(=O)C3CNC3)CC2)ccc1N. The minimum absolute atomic E-state index is 0.0876. The molecule has 2 heterocycles. The molecule has 0 aromatic heterocycles. The van der Waals surface area contributed by atoms with Crippen molar-refractivity contribution in [2.45, 2.75) is 18.9 Å². The maximum absolute atomic E-state index is 12.4. The van der Waals surface area contributed by atoms with Crippen LogP contribution in [0.3, 0.4) is 0 Å². The standard InChI is InChI=1S/C17H24N4O3/c1-24-15-8-11(2-3-14(15)18)16(22)20-13-4-6-21(7-5-13)17(23)12-9-19-10-12/h2-3,8,12-13,19H,4-7,9-10,18H2,1H3,(H,20,22). The van der Waals surface area contributed by atoms with Crippen molar-refractivity contribution < 1.29 is 14.3 Å². The highest BCUT2D eigenvalue weighted by molar-refractivity contribution is 5.95. The van der Waals surface area contributed by atoms with Crippen LogP contribution < -0.4 is 21.1 Å². The molecule has 0 bridgehead atoms. The predicted molar refractivity (Wildman–Crippen MR) is 90.8 cm³/mol. The summed E-state index contributed by atoms with van der Waals surface area (Å²) in [6, 6.07) is 5.09. The molecule has 1 aromatic carbocycles. The molecule has 1 aromatic rings. The van der Waals surface area contributed by atoms with Crippen LogP contribution in [0.15, 0.2) is 18.2 Å². The van der Waals surface area contributed by atoms with Gasteiger partial charge in [-0.2, -0.15) is 0 Å². The van der Waals surface area contributed by atoms with Gasteiger partial charge < -0.3 is 26.0 Å². The Morgan fingerprint density at radius 3 is 2.58 bits per heavy atom. The maximum Gasteiger partial charge on any atom is 0.251 e. The molecule has 0 unspecified atom stereocenters. The lowest BCUT2D eigenvalue weighted by atomic mass is 9.98. The summed E-state index contributed by atoms with van der Waals surface area (Å²) in [5.74, 6) is 0.735. The molecular weight excluding hydrogens is 308 g/mol. The van der Waals surface area contributed by atoms with Crippen molar-refractivity contribution in [2.24, 2.45) is 5.92 Å². The molecule has 7 heteroatoms. The Bertz CT molecular complexity index is 622. The zero-order valence-corrected chi connectivity index (χ0v) is 13.9. The minimum Gasteiger partial charge on any atom is -0.495 e. The molecule has 2 aliphatic heterocycles. The highest BCUT2D eigenvalue weighted by Crippen LogP contribution is 2.22. The predicted octanol–water partition coefficient (Wildman–Crippen LogP) is 0.218. The Morgan fingerprint density at radius 2 is 2.00 bits per heavy atom. The lowest BCUT2D eigenvalue weighted by Crippen LogP contribution is -2.55. The van der Waals surface area contributed by atoms with Crippen LogP contribution in [-0.4, -0.2) is 56.0 Å². The third kappa shape index (κ3) is 3.46. The van der Waals surface area contributed by atoms with E-state index >= 15 is 0 Å². The highest BCUT2D eigenvalue weighted by Gasteiger charge is 2.31. The molecule has 4 N–H and O–H groups in total. The fourth-order valence-corrected chi connectivity index (χ4v) is 3.09. The number of methoxy groups -OCH3 is 1. The third-order valence-electron chi connectivity index (χ3n) is 4.77. The minimum atomic E-state index is -0.138. The van der Waals surface area contributed by atoms with Crippen molar-refractivity contribution in [3.05, 3.63) is 23.8 Å². The van der Waals surface area contributed by atoms with Crippen molar-refractivity contribution in [3.8, 4) is 5.75 Å². The number of anilines is 1. The first-order valence-electron chi connectivity index (χ1n) is 8.32. The summed E-state index contributed by atoms with van der Waals surface area (Å²) in [5, 5.41) is 6.16. The van der Waals surface area contributed by atoms with Crippen LogP contribution in [0, 0.1) is 5.92 Å². The smallest absolute Gasteiger partial charge is 0.251 e. The molecular formula is C17H24N4O3. The number of carbonyl (C=O) groups is 2. The number of nitrogen functional groups attached to an aromatic ring is 1. The number of amides is 2. The number of hydrogen-bond donors (Lipinski definition) is 3. The van der Waals surface area contributed by atoms with E-state index < -0.39 is 0 Å². The second-order valence-electron chi connectivity index (χ2n) is 6.38. The molecule has 0 atom stereocenters. The Labute approximate surface area is 141 Å². The van der Waals surface area contributed by atoms with Crippen molar-refractivity contribution in [1.29, 1.82) is 0 Å². The molecule has 2 saturated heterocycles. The maximum atomic E-state index is 12.4. The van der Waals surface area contributed by atoms with E-state index in [4.69, 9.17) is 10.5 Å². The number of hydrogen-bond acceptors (Lipinski definition) is 5. The summed E-state index contributed by atoms with van der Waals surface area (Å²) in [5.41, 5.74) is 6.80. The largest absolute Gasteiger partial charge is 0.495 e. The molecule has 2 aliphatic rings. The van der Waals surface area contributed by atoms with Gasteiger partial charge in [0, 0.05) is 37.8 Å². The van der Waals surface area contributed by atoms with E-state index in [0.29, 0.717) is 30.1 Å². The summed E-state index contributed by atoms with van der Waals surface area (Å²) >= 11 is 0. The number of likely N-dealkylation sites (tertiary alicyclic amines) is 1. The van der Waals surface area contributed by atoms with E-state index in [9.17, 15) is 9.59 Å². The number of carbonyl (C=O) groups excluding carboxylic acids is 2. The van der Waals surface area contributed by atoms with Gasteiger partial charge in [0.25, 0.3) is 5.91 Å². The van der Waals surface area contributed by atoms with E-state index in [1.54, 1.807) is 18.2 Å². The van der Waals surface area contributed by atoms with Gasteiger partial charge in [0.15, 0.2) is 0 Å². The molecule has 2 amide bonds. The van der Waals surface area contributed by atoms with Gasteiger partial charge in [0.2, 0.25) is 5.91 Å². The van der Waals surface area contributed by atoms with Gasteiger partial charge in [-0.05, 0) is 31.0 Å². The third-order valence-corrected chi connectivity index (χ3v) is 4.77. The van der Waals surface area contributed by atoms with Gasteiger partial charge in [0.05, 0.1) is 18.7 Å².